The molecule has 4 nitrogen and oxygen atoms in total. The highest BCUT2D eigenvalue weighted by Gasteiger charge is 2.22. The van der Waals surface area contributed by atoms with Gasteiger partial charge >= 0.3 is 0 Å². The Bertz CT molecular complexity index is 802. The molecule has 2 amide bonds. The molecule has 1 aliphatic heterocycles. The monoisotopic (exact) mass is 354 g/mol. The van der Waals surface area contributed by atoms with Gasteiger partial charge in [0.2, 0.25) is 11.8 Å². The van der Waals surface area contributed by atoms with Gasteiger partial charge in [-0.05, 0) is 61.1 Å². The molecule has 0 aromatic heterocycles. The molecule has 1 aliphatic rings. The Hall–Kier alpha value is -2.69. The maximum Gasteiger partial charge on any atom is 0.224 e. The number of carbonyl (C=O) groups is 2. The van der Waals surface area contributed by atoms with Crippen molar-refractivity contribution in [3.63, 3.8) is 0 Å². The number of nitrogens with zero attached hydrogens (tertiary/aromatic N) is 1. The summed E-state index contributed by atoms with van der Waals surface area (Å²) in [6.45, 7) is 2.26. The maximum absolute atomic E-state index is 12.9. The van der Waals surface area contributed by atoms with E-state index in [9.17, 15) is 14.0 Å². The highest BCUT2D eigenvalue weighted by molar-refractivity contribution is 5.96. The molecule has 3 rings (SSSR count). The summed E-state index contributed by atoms with van der Waals surface area (Å²) in [5.74, 6) is -0.240. The number of rotatable bonds is 6. The zero-order chi connectivity index (χ0) is 18.5. The minimum atomic E-state index is -0.231. The molecule has 2 aromatic rings. The zero-order valence-electron chi connectivity index (χ0n) is 14.9. The van der Waals surface area contributed by atoms with Gasteiger partial charge in [0.1, 0.15) is 5.82 Å². The van der Waals surface area contributed by atoms with Gasteiger partial charge in [0, 0.05) is 31.3 Å². The van der Waals surface area contributed by atoms with Gasteiger partial charge in [0.25, 0.3) is 0 Å². The summed E-state index contributed by atoms with van der Waals surface area (Å²) in [6.07, 6.45) is 3.77. The molecule has 136 valence electrons. The Morgan fingerprint density at radius 1 is 1.12 bits per heavy atom. The van der Waals surface area contributed by atoms with Gasteiger partial charge in [-0.2, -0.15) is 0 Å². The first-order chi connectivity index (χ1) is 12.5. The molecule has 0 bridgehead atoms. The molecular weight excluding hydrogens is 331 g/mol. The zero-order valence-corrected chi connectivity index (χ0v) is 14.9. The molecular formula is C21H23FN2O2. The van der Waals surface area contributed by atoms with Crippen LogP contribution in [0, 0.1) is 5.82 Å². The van der Waals surface area contributed by atoms with Crippen molar-refractivity contribution < 1.29 is 14.0 Å². The van der Waals surface area contributed by atoms with Crippen molar-refractivity contribution in [2.75, 3.05) is 16.8 Å². The van der Waals surface area contributed by atoms with E-state index in [0.29, 0.717) is 13.0 Å². The second kappa shape index (κ2) is 8.13. The summed E-state index contributed by atoms with van der Waals surface area (Å²) in [4.78, 5) is 25.6. The van der Waals surface area contributed by atoms with Crippen molar-refractivity contribution in [1.82, 2.24) is 0 Å². The Kier molecular flexibility index (Phi) is 5.66. The average molecular weight is 354 g/mol. The van der Waals surface area contributed by atoms with E-state index in [1.54, 1.807) is 24.0 Å². The number of amides is 2. The molecule has 0 saturated carbocycles. The van der Waals surface area contributed by atoms with Crippen molar-refractivity contribution in [3.05, 3.63) is 59.4 Å². The predicted molar refractivity (Wildman–Crippen MR) is 101 cm³/mol. The van der Waals surface area contributed by atoms with Crippen molar-refractivity contribution in [2.24, 2.45) is 0 Å². The van der Waals surface area contributed by atoms with Crippen LogP contribution in [0.5, 0.6) is 0 Å². The summed E-state index contributed by atoms with van der Waals surface area (Å²) in [5.41, 5.74) is 3.83. The number of hydrogen-bond acceptors (Lipinski definition) is 2. The third-order valence-corrected chi connectivity index (χ3v) is 4.68. The van der Waals surface area contributed by atoms with Crippen LogP contribution in [0.3, 0.4) is 0 Å². The molecule has 0 atom stereocenters. The van der Waals surface area contributed by atoms with Crippen molar-refractivity contribution in [2.45, 2.75) is 39.0 Å². The van der Waals surface area contributed by atoms with Gasteiger partial charge in [0.15, 0.2) is 0 Å². The van der Waals surface area contributed by atoms with E-state index >= 15 is 0 Å². The first kappa shape index (κ1) is 18.1. The molecule has 5 heteroatoms. The van der Waals surface area contributed by atoms with Crippen LogP contribution in [0.2, 0.25) is 0 Å². The van der Waals surface area contributed by atoms with Gasteiger partial charge in [-0.1, -0.05) is 18.2 Å². The largest absolute Gasteiger partial charge is 0.326 e. The van der Waals surface area contributed by atoms with Gasteiger partial charge < -0.3 is 10.2 Å². The molecule has 0 unspecified atom stereocenters. The second-order valence-electron chi connectivity index (χ2n) is 6.65. The lowest BCUT2D eigenvalue weighted by atomic mass is 10.1. The molecule has 0 spiro atoms. The first-order valence-electron chi connectivity index (χ1n) is 8.98. The highest BCUT2D eigenvalue weighted by atomic mass is 19.1. The van der Waals surface area contributed by atoms with Crippen LogP contribution in [0.4, 0.5) is 15.8 Å². The fourth-order valence-electron chi connectivity index (χ4n) is 3.27. The summed E-state index contributed by atoms with van der Waals surface area (Å²) in [7, 11) is 0. The molecule has 2 aromatic carbocycles. The molecule has 0 aliphatic carbocycles. The van der Waals surface area contributed by atoms with E-state index in [-0.39, 0.29) is 17.6 Å². The summed E-state index contributed by atoms with van der Waals surface area (Å²) in [5, 5.41) is 2.91. The molecule has 0 radical (unpaired) electrons. The number of hydrogen-bond donors (Lipinski definition) is 1. The van der Waals surface area contributed by atoms with Gasteiger partial charge in [-0.3, -0.25) is 9.59 Å². The van der Waals surface area contributed by atoms with Crippen LogP contribution >= 0.6 is 0 Å². The minimum absolute atomic E-state index is 0.0213. The molecule has 26 heavy (non-hydrogen) atoms. The third-order valence-electron chi connectivity index (χ3n) is 4.68. The number of benzene rings is 2. The topological polar surface area (TPSA) is 49.4 Å². The van der Waals surface area contributed by atoms with E-state index in [1.165, 1.54) is 12.1 Å². The average Bonchev–Trinajstić information content (AvgIpc) is 3.04. The predicted octanol–water partition coefficient (Wildman–Crippen LogP) is 4.09. The summed E-state index contributed by atoms with van der Waals surface area (Å²) >= 11 is 0. The molecule has 0 saturated heterocycles. The Morgan fingerprint density at radius 2 is 1.88 bits per heavy atom. The van der Waals surface area contributed by atoms with Crippen LogP contribution < -0.4 is 10.2 Å². The lowest BCUT2D eigenvalue weighted by Gasteiger charge is -2.15. The number of unbranched alkanes of at least 4 members (excludes halogenated alkanes) is 1. The highest BCUT2D eigenvalue weighted by Crippen LogP contribution is 2.31. The maximum atomic E-state index is 12.9. The fraction of sp³-hybridized carbons (Fsp3) is 0.333. The van der Waals surface area contributed by atoms with E-state index < -0.39 is 0 Å². The lowest BCUT2D eigenvalue weighted by Crippen LogP contribution is -2.25. The molecule has 1 heterocycles. The van der Waals surface area contributed by atoms with Gasteiger partial charge in [-0.15, -0.1) is 0 Å². The van der Waals surface area contributed by atoms with Crippen molar-refractivity contribution >= 4 is 23.2 Å². The second-order valence-corrected chi connectivity index (χ2v) is 6.65. The van der Waals surface area contributed by atoms with Crippen LogP contribution in [-0.2, 0) is 22.4 Å². The lowest BCUT2D eigenvalue weighted by molar-refractivity contribution is -0.117. The number of aryl methyl sites for hydroxylation is 1. The Labute approximate surface area is 153 Å². The van der Waals surface area contributed by atoms with Crippen molar-refractivity contribution in [1.29, 1.82) is 0 Å². The Morgan fingerprint density at radius 3 is 2.62 bits per heavy atom. The first-order valence-corrected chi connectivity index (χ1v) is 8.98. The van der Waals surface area contributed by atoms with Crippen LogP contribution in [0.1, 0.15) is 37.3 Å². The minimum Gasteiger partial charge on any atom is -0.326 e. The van der Waals surface area contributed by atoms with Crippen LogP contribution in [0.15, 0.2) is 42.5 Å². The van der Waals surface area contributed by atoms with Crippen LogP contribution in [0.25, 0.3) is 0 Å². The number of nitrogens with one attached hydrogen (secondary N) is 1. The molecule has 0 fully saturated rings. The number of halogens is 1. The van der Waals surface area contributed by atoms with Crippen LogP contribution in [-0.4, -0.2) is 18.4 Å². The van der Waals surface area contributed by atoms with Crippen molar-refractivity contribution in [3.8, 4) is 0 Å². The smallest absolute Gasteiger partial charge is 0.224 e. The summed E-state index contributed by atoms with van der Waals surface area (Å²) in [6, 6.07) is 12.2. The Balaban J connectivity index is 1.47. The third kappa shape index (κ3) is 4.48. The van der Waals surface area contributed by atoms with E-state index in [0.717, 1.165) is 48.2 Å². The quantitative estimate of drug-likeness (QED) is 0.795. The van der Waals surface area contributed by atoms with E-state index in [2.05, 4.69) is 5.32 Å². The van der Waals surface area contributed by atoms with E-state index in [4.69, 9.17) is 0 Å². The molecule has 1 N–H and O–H groups in total. The number of fused-ring (bicyclic) bond motifs is 1. The fourth-order valence-corrected chi connectivity index (χ4v) is 3.27. The summed E-state index contributed by atoms with van der Waals surface area (Å²) < 4.78 is 12.9. The normalized spacial score (nSPS) is 12.8. The SMILES string of the molecule is CC(=O)N1CCc2ccc(NC(=O)CCCCc3ccc(F)cc3)cc21. The van der Waals surface area contributed by atoms with Gasteiger partial charge in [0.05, 0.1) is 0 Å². The van der Waals surface area contributed by atoms with E-state index in [1.807, 2.05) is 18.2 Å². The number of carbonyl (C=O) groups excluding carboxylic acids is 2. The number of anilines is 2. The standard InChI is InChI=1S/C21H23FN2O2/c1-15(25)24-13-12-17-8-11-19(14-20(17)24)23-21(26)5-3-2-4-16-6-9-18(22)10-7-16/h6-11,14H,2-5,12-13H2,1H3,(H,23,26). The van der Waals surface area contributed by atoms with Gasteiger partial charge in [-0.25, -0.2) is 4.39 Å².